The van der Waals surface area contributed by atoms with Gasteiger partial charge in [-0.2, -0.15) is 0 Å². The average molecular weight is 356 g/mol. The Morgan fingerprint density at radius 1 is 1.08 bits per heavy atom. The molecule has 1 heterocycles. The summed E-state index contributed by atoms with van der Waals surface area (Å²) >= 11 is 0. The maximum atomic E-state index is 13.2. The van der Waals surface area contributed by atoms with E-state index in [0.717, 1.165) is 51.1 Å². The molecule has 5 heteroatoms. The normalized spacial score (nSPS) is 15.1. The van der Waals surface area contributed by atoms with Crippen molar-refractivity contribution in [2.24, 2.45) is 0 Å². The minimum absolute atomic E-state index is 0.0586. The van der Waals surface area contributed by atoms with Crippen molar-refractivity contribution in [3.8, 4) is 5.75 Å². The number of amides is 1. The number of halogens is 1. The third kappa shape index (κ3) is 4.82. The lowest BCUT2D eigenvalue weighted by Gasteiger charge is -2.34. The summed E-state index contributed by atoms with van der Waals surface area (Å²) in [4.78, 5) is 16.9. The van der Waals surface area contributed by atoms with Gasteiger partial charge in [-0.05, 0) is 55.3 Å². The highest BCUT2D eigenvalue weighted by Gasteiger charge is 2.22. The molecule has 0 spiro atoms. The fourth-order valence-electron chi connectivity index (χ4n) is 3.31. The Morgan fingerprint density at radius 3 is 2.58 bits per heavy atom. The standard InChI is InChI=1S/C21H25FN2O2/c1-26-20-9-3-7-18(16-20)21(25)24-13-11-23(12-14-24)10-4-6-17-5-2-8-19(22)15-17/h2-3,5,7-9,15-16H,4,6,10-14H2,1H3. The summed E-state index contributed by atoms with van der Waals surface area (Å²) in [7, 11) is 1.60. The van der Waals surface area contributed by atoms with E-state index in [-0.39, 0.29) is 11.7 Å². The molecule has 0 bridgehead atoms. The van der Waals surface area contributed by atoms with Crippen molar-refractivity contribution in [2.45, 2.75) is 12.8 Å². The highest BCUT2D eigenvalue weighted by molar-refractivity contribution is 5.94. The molecule has 1 saturated heterocycles. The van der Waals surface area contributed by atoms with Crippen molar-refractivity contribution in [3.05, 3.63) is 65.5 Å². The second-order valence-electron chi connectivity index (χ2n) is 6.60. The van der Waals surface area contributed by atoms with Crippen LogP contribution in [-0.4, -0.2) is 55.5 Å². The first-order chi connectivity index (χ1) is 12.7. The second kappa shape index (κ2) is 8.81. The fourth-order valence-corrected chi connectivity index (χ4v) is 3.31. The molecule has 3 rings (SSSR count). The molecule has 138 valence electrons. The Balaban J connectivity index is 1.44. The van der Waals surface area contributed by atoms with E-state index in [1.165, 1.54) is 6.07 Å². The molecule has 0 radical (unpaired) electrons. The Labute approximate surface area is 154 Å². The minimum Gasteiger partial charge on any atom is -0.497 e. The Kier molecular flexibility index (Phi) is 6.23. The second-order valence-corrected chi connectivity index (χ2v) is 6.60. The van der Waals surface area contributed by atoms with Gasteiger partial charge >= 0.3 is 0 Å². The molecule has 1 aliphatic heterocycles. The monoisotopic (exact) mass is 356 g/mol. The number of methoxy groups -OCH3 is 1. The molecule has 26 heavy (non-hydrogen) atoms. The zero-order valence-corrected chi connectivity index (χ0v) is 15.2. The number of aryl methyl sites for hydroxylation is 1. The molecule has 4 nitrogen and oxygen atoms in total. The van der Waals surface area contributed by atoms with E-state index in [0.29, 0.717) is 11.3 Å². The molecule has 0 N–H and O–H groups in total. The van der Waals surface area contributed by atoms with Gasteiger partial charge in [0.05, 0.1) is 7.11 Å². The van der Waals surface area contributed by atoms with Crippen molar-refractivity contribution in [1.29, 1.82) is 0 Å². The largest absolute Gasteiger partial charge is 0.497 e. The van der Waals surface area contributed by atoms with Gasteiger partial charge in [-0.25, -0.2) is 4.39 Å². The fraction of sp³-hybridized carbons (Fsp3) is 0.381. The van der Waals surface area contributed by atoms with Gasteiger partial charge in [-0.15, -0.1) is 0 Å². The van der Waals surface area contributed by atoms with Crippen LogP contribution >= 0.6 is 0 Å². The quantitative estimate of drug-likeness (QED) is 0.797. The van der Waals surface area contributed by atoms with Gasteiger partial charge in [0.2, 0.25) is 0 Å². The van der Waals surface area contributed by atoms with E-state index >= 15 is 0 Å². The van der Waals surface area contributed by atoms with Crippen LogP contribution in [0.3, 0.4) is 0 Å². The lowest BCUT2D eigenvalue weighted by molar-refractivity contribution is 0.0636. The molecule has 1 aliphatic rings. The van der Waals surface area contributed by atoms with Crippen LogP contribution in [0.5, 0.6) is 5.75 Å². The predicted molar refractivity (Wildman–Crippen MR) is 100 cm³/mol. The third-order valence-corrected chi connectivity index (χ3v) is 4.81. The van der Waals surface area contributed by atoms with Crippen molar-refractivity contribution in [3.63, 3.8) is 0 Å². The van der Waals surface area contributed by atoms with Crippen molar-refractivity contribution in [1.82, 2.24) is 9.80 Å². The first kappa shape index (κ1) is 18.4. The van der Waals surface area contributed by atoms with Crippen molar-refractivity contribution < 1.29 is 13.9 Å². The van der Waals surface area contributed by atoms with Crippen LogP contribution in [-0.2, 0) is 6.42 Å². The number of rotatable bonds is 6. The van der Waals surface area contributed by atoms with E-state index in [1.807, 2.05) is 29.2 Å². The molecule has 0 aromatic heterocycles. The summed E-state index contributed by atoms with van der Waals surface area (Å²) in [5, 5.41) is 0. The average Bonchev–Trinajstić information content (AvgIpc) is 2.68. The number of carbonyl (C=O) groups is 1. The Bertz CT molecular complexity index is 742. The molecule has 0 atom stereocenters. The molecular formula is C21H25FN2O2. The van der Waals surface area contributed by atoms with Gasteiger partial charge in [-0.1, -0.05) is 18.2 Å². The molecule has 2 aromatic carbocycles. The number of ether oxygens (including phenoxy) is 1. The number of nitrogens with zero attached hydrogens (tertiary/aromatic N) is 2. The molecule has 0 aliphatic carbocycles. The third-order valence-electron chi connectivity index (χ3n) is 4.81. The van der Waals surface area contributed by atoms with Gasteiger partial charge in [0.25, 0.3) is 5.91 Å². The lowest BCUT2D eigenvalue weighted by Crippen LogP contribution is -2.48. The maximum Gasteiger partial charge on any atom is 0.254 e. The van der Waals surface area contributed by atoms with E-state index in [2.05, 4.69) is 4.90 Å². The number of piperazine rings is 1. The highest BCUT2D eigenvalue weighted by Crippen LogP contribution is 2.16. The first-order valence-corrected chi connectivity index (χ1v) is 9.06. The summed E-state index contributed by atoms with van der Waals surface area (Å²) in [5.74, 6) is 0.585. The Morgan fingerprint density at radius 2 is 1.85 bits per heavy atom. The summed E-state index contributed by atoms with van der Waals surface area (Å²) in [6.07, 6.45) is 1.87. The van der Waals surface area contributed by atoms with E-state index < -0.39 is 0 Å². The summed E-state index contributed by atoms with van der Waals surface area (Å²) in [6.45, 7) is 4.18. The van der Waals surface area contributed by atoms with Crippen LogP contribution in [0.2, 0.25) is 0 Å². The number of benzene rings is 2. The Hall–Kier alpha value is -2.40. The van der Waals surface area contributed by atoms with Gasteiger partial charge in [0.1, 0.15) is 11.6 Å². The molecule has 0 saturated carbocycles. The summed E-state index contributed by atoms with van der Waals surface area (Å²) in [5.41, 5.74) is 1.71. The zero-order chi connectivity index (χ0) is 18.4. The van der Waals surface area contributed by atoms with Crippen LogP contribution in [0.1, 0.15) is 22.3 Å². The topological polar surface area (TPSA) is 32.8 Å². The van der Waals surface area contributed by atoms with E-state index in [9.17, 15) is 9.18 Å². The molecule has 1 fully saturated rings. The number of hydrogen-bond donors (Lipinski definition) is 0. The van der Waals surface area contributed by atoms with E-state index in [4.69, 9.17) is 4.74 Å². The molecule has 0 unspecified atom stereocenters. The molecular weight excluding hydrogens is 331 g/mol. The smallest absolute Gasteiger partial charge is 0.254 e. The molecule has 1 amide bonds. The summed E-state index contributed by atoms with van der Waals surface area (Å²) < 4.78 is 18.4. The van der Waals surface area contributed by atoms with Crippen LogP contribution in [0, 0.1) is 5.82 Å². The molecule has 2 aromatic rings. The lowest BCUT2D eigenvalue weighted by atomic mass is 10.1. The van der Waals surface area contributed by atoms with Crippen LogP contribution in [0.4, 0.5) is 4.39 Å². The van der Waals surface area contributed by atoms with Crippen LogP contribution < -0.4 is 4.74 Å². The van der Waals surface area contributed by atoms with Crippen molar-refractivity contribution >= 4 is 5.91 Å². The van der Waals surface area contributed by atoms with Crippen LogP contribution in [0.25, 0.3) is 0 Å². The van der Waals surface area contributed by atoms with Gasteiger partial charge in [0.15, 0.2) is 0 Å². The number of hydrogen-bond acceptors (Lipinski definition) is 3. The summed E-state index contributed by atoms with van der Waals surface area (Å²) in [6, 6.07) is 14.1. The zero-order valence-electron chi connectivity index (χ0n) is 15.2. The van der Waals surface area contributed by atoms with Crippen molar-refractivity contribution in [2.75, 3.05) is 39.8 Å². The van der Waals surface area contributed by atoms with Gasteiger partial charge < -0.3 is 9.64 Å². The first-order valence-electron chi connectivity index (χ1n) is 9.06. The number of carbonyl (C=O) groups excluding carboxylic acids is 1. The SMILES string of the molecule is COc1cccc(C(=O)N2CCN(CCCc3cccc(F)c3)CC2)c1. The minimum atomic E-state index is -0.174. The maximum absolute atomic E-state index is 13.2. The van der Waals surface area contributed by atoms with Gasteiger partial charge in [-0.3, -0.25) is 9.69 Å². The predicted octanol–water partition coefficient (Wildman–Crippen LogP) is 3.22. The van der Waals surface area contributed by atoms with Gasteiger partial charge in [0, 0.05) is 31.7 Å². The van der Waals surface area contributed by atoms with Crippen LogP contribution in [0.15, 0.2) is 48.5 Å². The van der Waals surface area contributed by atoms with E-state index in [1.54, 1.807) is 25.3 Å². The highest BCUT2D eigenvalue weighted by atomic mass is 19.1.